The van der Waals surface area contributed by atoms with E-state index in [1.54, 1.807) is 6.07 Å². The lowest BCUT2D eigenvalue weighted by molar-refractivity contribution is -0.145. The molecule has 174 valence electrons. The molecule has 0 aromatic heterocycles. The number of carboxylic acids is 1. The predicted octanol–water partition coefficient (Wildman–Crippen LogP) is 2.80. The van der Waals surface area contributed by atoms with Gasteiger partial charge in [-0.05, 0) is 54.8 Å². The number of likely N-dealkylation sites (tertiary alicyclic amines) is 1. The van der Waals surface area contributed by atoms with Crippen LogP contribution in [0.25, 0.3) is 0 Å². The van der Waals surface area contributed by atoms with E-state index in [9.17, 15) is 14.7 Å². The van der Waals surface area contributed by atoms with E-state index < -0.39 is 12.4 Å². The summed E-state index contributed by atoms with van der Waals surface area (Å²) in [6, 6.07) is 7.78. The molecular weight excluding hydrogens is 396 g/mol. The number of hydrogen-bond donors (Lipinski definition) is 2. The number of nitrogens with zero attached hydrogens (tertiary/aromatic N) is 2. The van der Waals surface area contributed by atoms with Crippen molar-refractivity contribution >= 4 is 11.9 Å². The highest BCUT2D eigenvalue weighted by Crippen LogP contribution is 2.40. The van der Waals surface area contributed by atoms with Gasteiger partial charge in [0.2, 0.25) is 5.91 Å². The Balaban J connectivity index is 0.00000341. The molecule has 1 saturated heterocycles. The van der Waals surface area contributed by atoms with Crippen molar-refractivity contribution in [1.82, 2.24) is 9.80 Å². The van der Waals surface area contributed by atoms with Crippen LogP contribution < -0.4 is 0 Å². The minimum absolute atomic E-state index is 0. The number of hydrogen-bond acceptors (Lipinski definition) is 4. The minimum atomic E-state index is -1.05. The highest BCUT2D eigenvalue weighted by molar-refractivity contribution is 5.93. The SMILES string of the molecule is CC1CN(CCN(C(=O)CC(=O)O)C2CCCCC2)CCC1(C)c1cccc(O)c1.O. The number of carbonyl (C=O) groups excluding carboxylic acids is 1. The summed E-state index contributed by atoms with van der Waals surface area (Å²) >= 11 is 0. The summed E-state index contributed by atoms with van der Waals surface area (Å²) in [5.74, 6) is -0.576. The molecule has 7 nitrogen and oxygen atoms in total. The Bertz CT molecular complexity index is 749. The van der Waals surface area contributed by atoms with Crippen LogP contribution in [-0.2, 0) is 15.0 Å². The monoisotopic (exact) mass is 434 g/mol. The van der Waals surface area contributed by atoms with E-state index in [0.717, 1.165) is 51.7 Å². The van der Waals surface area contributed by atoms with Crippen molar-refractivity contribution in [1.29, 1.82) is 0 Å². The summed E-state index contributed by atoms with van der Waals surface area (Å²) < 4.78 is 0. The summed E-state index contributed by atoms with van der Waals surface area (Å²) in [5, 5.41) is 19.0. The summed E-state index contributed by atoms with van der Waals surface area (Å²) in [5.41, 5.74) is 1.19. The fraction of sp³-hybridized carbons (Fsp3) is 0.667. The zero-order valence-corrected chi connectivity index (χ0v) is 18.8. The van der Waals surface area contributed by atoms with Crippen LogP contribution in [0, 0.1) is 5.92 Å². The number of piperidine rings is 1. The first-order chi connectivity index (χ1) is 14.3. The molecule has 1 amide bonds. The van der Waals surface area contributed by atoms with Crippen molar-refractivity contribution in [2.75, 3.05) is 26.2 Å². The third-order valence-electron chi connectivity index (χ3n) is 7.37. The normalized spacial score (nSPS) is 24.9. The van der Waals surface area contributed by atoms with Gasteiger partial charge in [-0.2, -0.15) is 0 Å². The molecular formula is C24H38N2O5. The van der Waals surface area contributed by atoms with Crippen LogP contribution in [0.2, 0.25) is 0 Å². The summed E-state index contributed by atoms with van der Waals surface area (Å²) in [6.07, 6.45) is 5.98. The number of carboxylic acid groups (broad SMARTS) is 1. The Morgan fingerprint density at radius 2 is 1.94 bits per heavy atom. The van der Waals surface area contributed by atoms with Gasteiger partial charge < -0.3 is 25.5 Å². The molecule has 1 saturated carbocycles. The highest BCUT2D eigenvalue weighted by Gasteiger charge is 2.38. The Kier molecular flexibility index (Phi) is 8.89. The first-order valence-corrected chi connectivity index (χ1v) is 11.3. The second-order valence-electron chi connectivity index (χ2n) is 9.37. The molecule has 31 heavy (non-hydrogen) atoms. The molecule has 2 aliphatic rings. The number of phenols is 1. The zero-order chi connectivity index (χ0) is 21.7. The number of phenolic OH excluding ortho intramolecular Hbond substituents is 1. The smallest absolute Gasteiger partial charge is 0.312 e. The lowest BCUT2D eigenvalue weighted by atomic mass is 9.68. The molecule has 2 unspecified atom stereocenters. The Hall–Kier alpha value is -2.12. The fourth-order valence-electron chi connectivity index (χ4n) is 5.19. The molecule has 2 atom stereocenters. The number of aliphatic carboxylic acids is 1. The first kappa shape index (κ1) is 25.1. The number of benzene rings is 1. The Morgan fingerprint density at radius 3 is 2.55 bits per heavy atom. The molecule has 4 N–H and O–H groups in total. The van der Waals surface area contributed by atoms with Gasteiger partial charge >= 0.3 is 5.97 Å². The third kappa shape index (κ3) is 6.20. The number of amides is 1. The average molecular weight is 435 g/mol. The van der Waals surface area contributed by atoms with E-state index in [1.807, 2.05) is 17.0 Å². The fourth-order valence-corrected chi connectivity index (χ4v) is 5.19. The summed E-state index contributed by atoms with van der Waals surface area (Å²) in [4.78, 5) is 28.0. The molecule has 1 aliphatic carbocycles. The van der Waals surface area contributed by atoms with E-state index in [-0.39, 0.29) is 22.8 Å². The molecule has 1 aliphatic heterocycles. The van der Waals surface area contributed by atoms with Crippen LogP contribution in [-0.4, -0.2) is 69.6 Å². The second-order valence-corrected chi connectivity index (χ2v) is 9.37. The minimum Gasteiger partial charge on any atom is -0.508 e. The quantitative estimate of drug-likeness (QED) is 0.641. The molecule has 7 heteroatoms. The van der Waals surface area contributed by atoms with Gasteiger partial charge in [0.1, 0.15) is 12.2 Å². The third-order valence-corrected chi connectivity index (χ3v) is 7.37. The highest BCUT2D eigenvalue weighted by atomic mass is 16.4. The molecule has 1 heterocycles. The van der Waals surface area contributed by atoms with Crippen LogP contribution >= 0.6 is 0 Å². The van der Waals surface area contributed by atoms with E-state index in [2.05, 4.69) is 24.8 Å². The maximum atomic E-state index is 12.6. The molecule has 0 bridgehead atoms. The molecule has 3 rings (SSSR count). The topological polar surface area (TPSA) is 113 Å². The number of rotatable bonds is 7. The van der Waals surface area contributed by atoms with Gasteiger partial charge in [-0.3, -0.25) is 9.59 Å². The molecule has 1 aromatic rings. The van der Waals surface area contributed by atoms with E-state index in [0.29, 0.717) is 18.2 Å². The predicted molar refractivity (Wildman–Crippen MR) is 120 cm³/mol. The largest absolute Gasteiger partial charge is 0.508 e. The van der Waals surface area contributed by atoms with Crippen LogP contribution in [0.3, 0.4) is 0 Å². The van der Waals surface area contributed by atoms with Gasteiger partial charge in [0.25, 0.3) is 0 Å². The standard InChI is InChI=1S/C24H36N2O4.H2O/c1-18-17-25(12-11-24(18,2)19-7-6-10-21(27)15-19)13-14-26(22(28)16-23(29)30)20-8-4-3-5-9-20;/h6-7,10,15,18,20,27H,3-5,8-9,11-14,16-17H2,1-2H3,(H,29,30);1H2. The maximum Gasteiger partial charge on any atom is 0.312 e. The molecule has 2 fully saturated rings. The van der Waals surface area contributed by atoms with Crippen LogP contribution in [0.1, 0.15) is 64.4 Å². The van der Waals surface area contributed by atoms with E-state index in [4.69, 9.17) is 5.11 Å². The van der Waals surface area contributed by atoms with Crippen LogP contribution in [0.5, 0.6) is 5.75 Å². The van der Waals surface area contributed by atoms with Gasteiger partial charge in [-0.1, -0.05) is 45.2 Å². The van der Waals surface area contributed by atoms with Crippen molar-refractivity contribution in [3.8, 4) is 5.75 Å². The maximum absolute atomic E-state index is 12.6. The molecule has 0 radical (unpaired) electrons. The van der Waals surface area contributed by atoms with Gasteiger partial charge in [-0.25, -0.2) is 0 Å². The van der Waals surface area contributed by atoms with Crippen molar-refractivity contribution in [2.45, 2.75) is 70.3 Å². The Morgan fingerprint density at radius 1 is 1.23 bits per heavy atom. The van der Waals surface area contributed by atoms with Crippen LogP contribution in [0.4, 0.5) is 0 Å². The Labute approximate surface area is 185 Å². The average Bonchev–Trinajstić information content (AvgIpc) is 2.71. The van der Waals surface area contributed by atoms with Crippen LogP contribution in [0.15, 0.2) is 24.3 Å². The molecule has 0 spiro atoms. The van der Waals surface area contributed by atoms with Crippen molar-refractivity contribution in [2.24, 2.45) is 5.92 Å². The van der Waals surface area contributed by atoms with Crippen molar-refractivity contribution < 1.29 is 25.3 Å². The van der Waals surface area contributed by atoms with Crippen molar-refractivity contribution in [3.05, 3.63) is 29.8 Å². The number of aromatic hydroxyl groups is 1. The summed E-state index contributed by atoms with van der Waals surface area (Å²) in [7, 11) is 0. The lowest BCUT2D eigenvalue weighted by Crippen LogP contribution is -2.51. The van der Waals surface area contributed by atoms with Gasteiger partial charge in [-0.15, -0.1) is 0 Å². The number of carbonyl (C=O) groups is 2. The van der Waals surface area contributed by atoms with Gasteiger partial charge in [0.05, 0.1) is 0 Å². The van der Waals surface area contributed by atoms with Gasteiger partial charge in [0, 0.05) is 25.7 Å². The lowest BCUT2D eigenvalue weighted by Gasteiger charge is -2.46. The second kappa shape index (κ2) is 11.0. The summed E-state index contributed by atoms with van der Waals surface area (Å²) in [6.45, 7) is 7.77. The van der Waals surface area contributed by atoms with E-state index >= 15 is 0 Å². The van der Waals surface area contributed by atoms with Crippen molar-refractivity contribution in [3.63, 3.8) is 0 Å². The zero-order valence-electron chi connectivity index (χ0n) is 18.8. The molecule has 1 aromatic carbocycles. The first-order valence-electron chi connectivity index (χ1n) is 11.3. The van der Waals surface area contributed by atoms with E-state index in [1.165, 1.54) is 12.0 Å². The van der Waals surface area contributed by atoms with Gasteiger partial charge in [0.15, 0.2) is 0 Å².